The maximum atomic E-state index is 5.87. The van der Waals surface area contributed by atoms with E-state index >= 15 is 0 Å². The molecule has 1 atom stereocenters. The Balaban J connectivity index is 2.83. The van der Waals surface area contributed by atoms with Crippen molar-refractivity contribution in [2.45, 2.75) is 20.0 Å². The predicted molar refractivity (Wildman–Crippen MR) is 68.8 cm³/mol. The molecule has 1 rings (SSSR count). The molecule has 1 aromatic carbocycles. The third kappa shape index (κ3) is 3.40. The highest BCUT2D eigenvalue weighted by Crippen LogP contribution is 2.21. The van der Waals surface area contributed by atoms with Crippen LogP contribution in [-0.4, -0.2) is 10.2 Å². The molecule has 0 fully saturated rings. The Hall–Kier alpha value is -1.28. The lowest BCUT2D eigenvalue weighted by Gasteiger charge is -2.17. The Morgan fingerprint density at radius 3 is 2.40 bits per heavy atom. The van der Waals surface area contributed by atoms with Crippen LogP contribution >= 0.6 is 0 Å². The van der Waals surface area contributed by atoms with Crippen LogP contribution < -0.4 is 0 Å². The van der Waals surface area contributed by atoms with Crippen LogP contribution in [0, 0.1) is 0 Å². The highest BCUT2D eigenvalue weighted by molar-refractivity contribution is 6.20. The fourth-order valence-corrected chi connectivity index (χ4v) is 1.46. The zero-order valence-corrected chi connectivity index (χ0v) is 11.7. The average molecular weight is 218 g/mol. The molecular weight excluding hydrogens is 200 g/mol. The molecule has 2 heteroatoms. The van der Waals surface area contributed by atoms with Gasteiger partial charge in [0.2, 0.25) is 0 Å². The Labute approximate surface area is 94.9 Å². The second kappa shape index (κ2) is 5.56. The first kappa shape index (κ1) is 11.8. The molecule has 0 aliphatic rings. The minimum Gasteiger partial charge on any atom is -0.492 e. The SMILES string of the molecule is C=CC(OC([SiH3])=C(C)C)c1ccccc1. The lowest BCUT2D eigenvalue weighted by molar-refractivity contribution is 0.175. The van der Waals surface area contributed by atoms with Crippen molar-refractivity contribution in [1.82, 2.24) is 0 Å². The second-order valence-electron chi connectivity index (χ2n) is 3.74. The number of rotatable bonds is 4. The van der Waals surface area contributed by atoms with Gasteiger partial charge in [0.15, 0.2) is 0 Å². The Bertz CT molecular complexity index is 350. The van der Waals surface area contributed by atoms with Gasteiger partial charge in [-0.05, 0) is 31.1 Å². The van der Waals surface area contributed by atoms with Crippen molar-refractivity contribution in [3.63, 3.8) is 0 Å². The van der Waals surface area contributed by atoms with E-state index in [0.717, 1.165) is 21.2 Å². The largest absolute Gasteiger partial charge is 0.492 e. The quantitative estimate of drug-likeness (QED) is 0.429. The van der Waals surface area contributed by atoms with Gasteiger partial charge in [-0.2, -0.15) is 0 Å². The molecule has 0 heterocycles. The molecular formula is C13H18OSi. The van der Waals surface area contributed by atoms with Crippen LogP contribution in [0.2, 0.25) is 0 Å². The van der Waals surface area contributed by atoms with Crippen molar-refractivity contribution >= 4 is 10.2 Å². The summed E-state index contributed by atoms with van der Waals surface area (Å²) in [5, 5.41) is 1.10. The van der Waals surface area contributed by atoms with Gasteiger partial charge in [0.25, 0.3) is 0 Å². The van der Waals surface area contributed by atoms with Gasteiger partial charge in [0, 0.05) is 0 Å². The Morgan fingerprint density at radius 1 is 1.33 bits per heavy atom. The monoisotopic (exact) mass is 218 g/mol. The second-order valence-corrected chi connectivity index (χ2v) is 4.65. The molecule has 1 nitrogen and oxygen atoms in total. The molecule has 0 aliphatic heterocycles. The molecule has 0 amide bonds. The zero-order chi connectivity index (χ0) is 11.3. The smallest absolute Gasteiger partial charge is 0.140 e. The molecule has 80 valence electrons. The van der Waals surface area contributed by atoms with Gasteiger partial charge < -0.3 is 4.74 Å². The number of ether oxygens (including phenoxy) is 1. The maximum absolute atomic E-state index is 5.87. The lowest BCUT2D eigenvalue weighted by Crippen LogP contribution is -2.02. The normalized spacial score (nSPS) is 11.9. The number of allylic oxidation sites excluding steroid dienone is 1. The summed E-state index contributed by atoms with van der Waals surface area (Å²) in [5.74, 6) is 0. The highest BCUT2D eigenvalue weighted by Gasteiger charge is 2.08. The van der Waals surface area contributed by atoms with Crippen molar-refractivity contribution in [2.24, 2.45) is 0 Å². The molecule has 0 bridgehead atoms. The van der Waals surface area contributed by atoms with Gasteiger partial charge in [-0.3, -0.25) is 0 Å². The Morgan fingerprint density at radius 2 is 1.93 bits per heavy atom. The van der Waals surface area contributed by atoms with Gasteiger partial charge >= 0.3 is 0 Å². The third-order valence-corrected chi connectivity index (χ3v) is 3.59. The van der Waals surface area contributed by atoms with Gasteiger partial charge in [-0.15, -0.1) is 0 Å². The molecule has 0 aromatic heterocycles. The highest BCUT2D eigenvalue weighted by atomic mass is 28.1. The maximum Gasteiger partial charge on any atom is 0.140 e. The molecule has 15 heavy (non-hydrogen) atoms. The van der Waals surface area contributed by atoms with Crippen LogP contribution in [0.3, 0.4) is 0 Å². The van der Waals surface area contributed by atoms with E-state index in [1.165, 1.54) is 5.57 Å². The lowest BCUT2D eigenvalue weighted by atomic mass is 10.1. The summed E-state index contributed by atoms with van der Waals surface area (Å²) in [6, 6.07) is 10.2. The van der Waals surface area contributed by atoms with E-state index in [2.05, 4.69) is 32.6 Å². The minimum atomic E-state index is -0.0198. The molecule has 0 aliphatic carbocycles. The summed E-state index contributed by atoms with van der Waals surface area (Å²) >= 11 is 0. The van der Waals surface area contributed by atoms with Crippen molar-refractivity contribution in [2.75, 3.05) is 0 Å². The summed E-state index contributed by atoms with van der Waals surface area (Å²) < 4.78 is 5.87. The number of hydrogen-bond donors (Lipinski definition) is 0. The first-order chi connectivity index (χ1) is 7.15. The summed E-state index contributed by atoms with van der Waals surface area (Å²) in [4.78, 5) is 0. The number of hydrogen-bond acceptors (Lipinski definition) is 1. The van der Waals surface area contributed by atoms with E-state index < -0.39 is 0 Å². The topological polar surface area (TPSA) is 9.23 Å². The van der Waals surface area contributed by atoms with Crippen LogP contribution in [0.15, 0.2) is 53.9 Å². The molecule has 0 radical (unpaired) electrons. The minimum absolute atomic E-state index is 0.0198. The fraction of sp³-hybridized carbons (Fsp3) is 0.231. The van der Waals surface area contributed by atoms with Crippen LogP contribution in [0.4, 0.5) is 0 Å². The van der Waals surface area contributed by atoms with E-state index in [9.17, 15) is 0 Å². The fourth-order valence-electron chi connectivity index (χ4n) is 1.20. The van der Waals surface area contributed by atoms with E-state index in [1.54, 1.807) is 0 Å². The molecule has 0 spiro atoms. The van der Waals surface area contributed by atoms with Crippen molar-refractivity contribution in [1.29, 1.82) is 0 Å². The average Bonchev–Trinajstić information content (AvgIpc) is 2.26. The number of benzene rings is 1. The zero-order valence-electron chi connectivity index (χ0n) is 9.66. The molecule has 1 aromatic rings. The summed E-state index contributed by atoms with van der Waals surface area (Å²) in [7, 11) is 0.937. The van der Waals surface area contributed by atoms with E-state index in [0.29, 0.717) is 0 Å². The van der Waals surface area contributed by atoms with Crippen molar-refractivity contribution < 1.29 is 4.74 Å². The standard InChI is InChI=1S/C13H18OSi/c1-4-12(14-13(15)10(2)3)11-8-6-5-7-9-11/h4-9,12H,1H2,2-3,15H3. The van der Waals surface area contributed by atoms with Gasteiger partial charge in [-0.1, -0.05) is 36.9 Å². The van der Waals surface area contributed by atoms with E-state index in [-0.39, 0.29) is 6.10 Å². The van der Waals surface area contributed by atoms with E-state index in [4.69, 9.17) is 4.74 Å². The van der Waals surface area contributed by atoms with Crippen LogP contribution in [0.1, 0.15) is 25.5 Å². The molecule has 1 unspecified atom stereocenters. The summed E-state index contributed by atoms with van der Waals surface area (Å²) in [5.41, 5.74) is 2.41. The van der Waals surface area contributed by atoms with Gasteiger partial charge in [-0.25, -0.2) is 0 Å². The predicted octanol–water partition coefficient (Wildman–Crippen LogP) is 2.55. The van der Waals surface area contributed by atoms with E-state index in [1.807, 2.05) is 24.3 Å². The van der Waals surface area contributed by atoms with Crippen LogP contribution in [0.5, 0.6) is 0 Å². The molecule has 0 saturated carbocycles. The van der Waals surface area contributed by atoms with Crippen LogP contribution in [-0.2, 0) is 4.74 Å². The molecule has 0 saturated heterocycles. The summed E-state index contributed by atoms with van der Waals surface area (Å²) in [6.45, 7) is 7.97. The van der Waals surface area contributed by atoms with Crippen molar-refractivity contribution in [3.8, 4) is 0 Å². The molecule has 0 N–H and O–H groups in total. The first-order valence-electron chi connectivity index (χ1n) is 5.13. The van der Waals surface area contributed by atoms with Crippen LogP contribution in [0.25, 0.3) is 0 Å². The third-order valence-electron chi connectivity index (χ3n) is 2.35. The van der Waals surface area contributed by atoms with Gasteiger partial charge in [0.05, 0.1) is 15.6 Å². The summed E-state index contributed by atoms with van der Waals surface area (Å²) in [6.07, 6.45) is 1.82. The van der Waals surface area contributed by atoms with Crippen molar-refractivity contribution in [3.05, 3.63) is 59.5 Å². The Kier molecular flexibility index (Phi) is 4.37. The first-order valence-corrected chi connectivity index (χ1v) is 6.13. The van der Waals surface area contributed by atoms with Gasteiger partial charge in [0.1, 0.15) is 6.10 Å².